The first-order valence-corrected chi connectivity index (χ1v) is 13.5. The Hall–Kier alpha value is -4.24. The lowest BCUT2D eigenvalue weighted by atomic mass is 10.1. The van der Waals surface area contributed by atoms with Crippen LogP contribution in [0.4, 0.5) is 10.5 Å². The molecule has 0 spiro atoms. The first kappa shape index (κ1) is 27.3. The van der Waals surface area contributed by atoms with Crippen LogP contribution in [0.25, 0.3) is 23.1 Å². The van der Waals surface area contributed by atoms with Crippen molar-refractivity contribution in [2.24, 2.45) is 0 Å². The van der Waals surface area contributed by atoms with Crippen LogP contribution < -0.4 is 5.32 Å². The van der Waals surface area contributed by atoms with Crippen molar-refractivity contribution in [2.45, 2.75) is 0 Å². The molecule has 1 aliphatic rings. The molecule has 0 atom stereocenters. The SMILES string of the molecule is O=C(CN1C(=O)S/C(=C\c2ccc(Cl)cc2)C1=O)Nc1ccc(C(=O)/C=C/c2cc3ccccc3nc2Cl)cc1. The highest BCUT2D eigenvalue weighted by molar-refractivity contribution is 8.18. The van der Waals surface area contributed by atoms with E-state index in [4.69, 9.17) is 23.2 Å². The topological polar surface area (TPSA) is 96.4 Å². The largest absolute Gasteiger partial charge is 0.325 e. The van der Waals surface area contributed by atoms with E-state index in [0.717, 1.165) is 27.6 Å². The molecule has 0 unspecified atom stereocenters. The number of anilines is 1. The molecule has 3 aromatic carbocycles. The van der Waals surface area contributed by atoms with Crippen molar-refractivity contribution in [3.8, 4) is 0 Å². The van der Waals surface area contributed by atoms with Gasteiger partial charge in [-0.25, -0.2) is 4.98 Å². The Balaban J connectivity index is 1.19. The standard InChI is InChI=1S/C30H19Cl2N3O4S/c31-22-10-5-18(6-11-22)15-26-29(38)35(30(39)40-26)17-27(37)33-23-12-7-19(8-13-23)25(36)14-9-21-16-20-3-1-2-4-24(20)34-28(21)32/h1-16H,17H2,(H,33,37)/b14-9+,26-15-. The summed E-state index contributed by atoms with van der Waals surface area (Å²) in [5.41, 5.74) is 2.91. The third-order valence-electron chi connectivity index (χ3n) is 5.92. The van der Waals surface area contributed by atoms with E-state index in [1.807, 2.05) is 30.3 Å². The average Bonchev–Trinajstić information content (AvgIpc) is 3.20. The van der Waals surface area contributed by atoms with Gasteiger partial charge in [-0.1, -0.05) is 53.5 Å². The van der Waals surface area contributed by atoms with E-state index >= 15 is 0 Å². The van der Waals surface area contributed by atoms with Crippen molar-refractivity contribution in [3.05, 3.63) is 117 Å². The van der Waals surface area contributed by atoms with Crippen molar-refractivity contribution in [1.29, 1.82) is 0 Å². The van der Waals surface area contributed by atoms with Crippen LogP contribution in [0.3, 0.4) is 0 Å². The van der Waals surface area contributed by atoms with E-state index in [2.05, 4.69) is 10.3 Å². The van der Waals surface area contributed by atoms with Crippen molar-refractivity contribution >= 4 is 86.5 Å². The van der Waals surface area contributed by atoms with E-state index in [9.17, 15) is 19.2 Å². The van der Waals surface area contributed by atoms with Gasteiger partial charge in [-0.3, -0.25) is 24.1 Å². The second kappa shape index (κ2) is 11.9. The van der Waals surface area contributed by atoms with E-state index in [1.54, 1.807) is 60.7 Å². The normalized spacial score (nSPS) is 14.4. The van der Waals surface area contributed by atoms with E-state index in [0.29, 0.717) is 32.6 Å². The third-order valence-corrected chi connectivity index (χ3v) is 7.38. The number of aromatic nitrogens is 1. The summed E-state index contributed by atoms with van der Waals surface area (Å²) >= 11 is 12.9. The molecule has 1 N–H and O–H groups in total. The molecule has 1 fully saturated rings. The fraction of sp³-hybridized carbons (Fsp3) is 0.0333. The summed E-state index contributed by atoms with van der Waals surface area (Å²) in [5.74, 6) is -1.35. The van der Waals surface area contributed by atoms with E-state index < -0.39 is 23.6 Å². The summed E-state index contributed by atoms with van der Waals surface area (Å²) in [4.78, 5) is 55.8. The Labute approximate surface area is 243 Å². The molecule has 0 radical (unpaired) electrons. The summed E-state index contributed by atoms with van der Waals surface area (Å²) in [5, 5.41) is 3.87. The van der Waals surface area contributed by atoms with Gasteiger partial charge < -0.3 is 5.32 Å². The number of ketones is 1. The molecule has 0 bridgehead atoms. The van der Waals surface area contributed by atoms with Crippen molar-refractivity contribution < 1.29 is 19.2 Å². The van der Waals surface area contributed by atoms with Crippen molar-refractivity contribution in [3.63, 3.8) is 0 Å². The van der Waals surface area contributed by atoms with Gasteiger partial charge >= 0.3 is 0 Å². The number of halogens is 2. The van der Waals surface area contributed by atoms with Gasteiger partial charge in [-0.2, -0.15) is 0 Å². The minimum Gasteiger partial charge on any atom is -0.325 e. The predicted molar refractivity (Wildman–Crippen MR) is 159 cm³/mol. The van der Waals surface area contributed by atoms with Gasteiger partial charge in [0.25, 0.3) is 11.1 Å². The highest BCUT2D eigenvalue weighted by Crippen LogP contribution is 2.32. The zero-order valence-electron chi connectivity index (χ0n) is 20.6. The molecule has 198 valence electrons. The Kier molecular flexibility index (Phi) is 8.11. The van der Waals surface area contributed by atoms with Gasteiger partial charge in [0.05, 0.1) is 10.4 Å². The Morgan fingerprint density at radius 1 is 0.950 bits per heavy atom. The highest BCUT2D eigenvalue weighted by Gasteiger charge is 2.36. The molecular formula is C30H19Cl2N3O4S. The van der Waals surface area contributed by atoms with Crippen LogP contribution in [-0.4, -0.2) is 39.3 Å². The maximum Gasteiger partial charge on any atom is 0.294 e. The molecule has 10 heteroatoms. The summed E-state index contributed by atoms with van der Waals surface area (Å²) < 4.78 is 0. The molecule has 1 aromatic heterocycles. The molecule has 0 aliphatic carbocycles. The van der Waals surface area contributed by atoms with Crippen LogP contribution in [0.2, 0.25) is 10.2 Å². The fourth-order valence-corrected chi connectivity index (χ4v) is 5.07. The number of carbonyl (C=O) groups excluding carboxylic acids is 4. The maximum atomic E-state index is 12.7. The molecule has 3 amide bonds. The molecule has 7 nitrogen and oxygen atoms in total. The predicted octanol–water partition coefficient (Wildman–Crippen LogP) is 7.11. The number of imide groups is 1. The number of nitrogens with one attached hydrogen (secondary N) is 1. The lowest BCUT2D eigenvalue weighted by Gasteiger charge is -2.12. The number of hydrogen-bond acceptors (Lipinski definition) is 6. The fourth-order valence-electron chi connectivity index (χ4n) is 3.90. The van der Waals surface area contributed by atoms with Gasteiger partial charge in [-0.15, -0.1) is 0 Å². The lowest BCUT2D eigenvalue weighted by Crippen LogP contribution is -2.36. The van der Waals surface area contributed by atoms with Gasteiger partial charge in [0.15, 0.2) is 5.78 Å². The Morgan fingerprint density at radius 2 is 1.68 bits per heavy atom. The zero-order valence-corrected chi connectivity index (χ0v) is 23.0. The van der Waals surface area contributed by atoms with Gasteiger partial charge in [0.2, 0.25) is 5.91 Å². The minimum atomic E-state index is -0.549. The second-order valence-electron chi connectivity index (χ2n) is 8.70. The Morgan fingerprint density at radius 3 is 2.42 bits per heavy atom. The molecule has 2 heterocycles. The summed E-state index contributed by atoms with van der Waals surface area (Å²) in [6.07, 6.45) is 4.59. The van der Waals surface area contributed by atoms with Gasteiger partial charge in [0, 0.05) is 27.2 Å². The zero-order chi connectivity index (χ0) is 28.2. The van der Waals surface area contributed by atoms with Crippen LogP contribution in [0, 0.1) is 0 Å². The second-order valence-corrected chi connectivity index (χ2v) is 10.5. The molecule has 0 saturated carbocycles. The highest BCUT2D eigenvalue weighted by atomic mass is 35.5. The number of thioether (sulfide) groups is 1. The number of para-hydroxylation sites is 1. The summed E-state index contributed by atoms with van der Waals surface area (Å²) in [6, 6.07) is 22.5. The number of allylic oxidation sites excluding steroid dienone is 1. The molecular weight excluding hydrogens is 569 g/mol. The van der Waals surface area contributed by atoms with E-state index in [-0.39, 0.29) is 10.7 Å². The monoisotopic (exact) mass is 587 g/mol. The molecule has 40 heavy (non-hydrogen) atoms. The van der Waals surface area contributed by atoms with Crippen LogP contribution in [0.15, 0.2) is 89.8 Å². The number of benzene rings is 3. The van der Waals surface area contributed by atoms with E-state index in [1.165, 1.54) is 6.08 Å². The number of carbonyl (C=O) groups is 4. The Bertz CT molecular complexity index is 1720. The minimum absolute atomic E-state index is 0.219. The summed E-state index contributed by atoms with van der Waals surface area (Å²) in [7, 11) is 0. The molecule has 5 rings (SSSR count). The number of pyridine rings is 1. The lowest BCUT2D eigenvalue weighted by molar-refractivity contribution is -0.127. The number of nitrogens with zero attached hydrogens (tertiary/aromatic N) is 2. The van der Waals surface area contributed by atoms with Crippen LogP contribution >= 0.6 is 35.0 Å². The quantitative estimate of drug-likeness (QED) is 0.140. The van der Waals surface area contributed by atoms with Crippen LogP contribution in [-0.2, 0) is 9.59 Å². The molecule has 4 aromatic rings. The van der Waals surface area contributed by atoms with Gasteiger partial charge in [0.1, 0.15) is 11.7 Å². The first-order chi connectivity index (χ1) is 19.3. The number of hydrogen-bond donors (Lipinski definition) is 1. The van der Waals surface area contributed by atoms with Crippen LogP contribution in [0.5, 0.6) is 0 Å². The summed E-state index contributed by atoms with van der Waals surface area (Å²) in [6.45, 7) is -0.438. The van der Waals surface area contributed by atoms with Crippen molar-refractivity contribution in [2.75, 3.05) is 11.9 Å². The number of fused-ring (bicyclic) bond motifs is 1. The average molecular weight is 588 g/mol. The van der Waals surface area contributed by atoms with Crippen LogP contribution in [0.1, 0.15) is 21.5 Å². The van der Waals surface area contributed by atoms with Gasteiger partial charge in [-0.05, 0) is 84.1 Å². The van der Waals surface area contributed by atoms with Crippen molar-refractivity contribution in [1.82, 2.24) is 9.88 Å². The molecule has 1 aliphatic heterocycles. The first-order valence-electron chi connectivity index (χ1n) is 12.0. The number of rotatable bonds is 7. The smallest absolute Gasteiger partial charge is 0.294 e. The molecule has 1 saturated heterocycles. The maximum absolute atomic E-state index is 12.7. The third kappa shape index (κ3) is 6.31. The number of amides is 3.